The molecule has 134 valence electrons. The van der Waals surface area contributed by atoms with Gasteiger partial charge in [-0.15, -0.1) is 0 Å². The molecule has 0 aromatic carbocycles. The van der Waals surface area contributed by atoms with Gasteiger partial charge in [-0.3, -0.25) is 0 Å². The Labute approximate surface area is 157 Å². The number of hydrogen-bond acceptors (Lipinski definition) is 7. The van der Waals surface area contributed by atoms with Gasteiger partial charge in [0.25, 0.3) is 5.79 Å². The first-order valence-electron chi connectivity index (χ1n) is 6.62. The van der Waals surface area contributed by atoms with E-state index in [0.29, 0.717) is 0 Å². The number of alkyl halides is 3. The predicted molar refractivity (Wildman–Crippen MR) is 87.4 cm³/mol. The van der Waals surface area contributed by atoms with E-state index in [1.54, 1.807) is 6.92 Å². The molecule has 2 rings (SSSR count). The highest BCUT2D eigenvalue weighted by atomic mass is 80.0. The molecule has 8 nitrogen and oxygen atoms in total. The molecule has 0 aromatic rings. The monoisotopic (exact) mass is 526 g/mol. The first-order valence-corrected chi connectivity index (χ1v) is 9.00. The van der Waals surface area contributed by atoms with Crippen LogP contribution in [0, 0.1) is 0 Å². The molecule has 2 fully saturated rings. The van der Waals surface area contributed by atoms with Crippen molar-refractivity contribution in [1.82, 2.24) is 0 Å². The molecule has 2 aliphatic rings. The molecule has 0 saturated carbocycles. The number of aliphatic hydroxyl groups is 2. The Bertz CT molecular complexity index is 495. The van der Waals surface area contributed by atoms with Crippen LogP contribution in [0.1, 0.15) is 20.8 Å². The molecule has 2 saturated heterocycles. The van der Waals surface area contributed by atoms with Crippen LogP contribution in [-0.2, 0) is 23.7 Å². The molecule has 0 aromatic heterocycles. The van der Waals surface area contributed by atoms with Gasteiger partial charge in [-0.1, -0.05) is 47.8 Å². The van der Waals surface area contributed by atoms with Gasteiger partial charge in [-0.2, -0.15) is 0 Å². The number of aliphatic carboxylic acids is 1. The van der Waals surface area contributed by atoms with Crippen molar-refractivity contribution in [3.8, 4) is 0 Å². The Balaban J connectivity index is 2.36. The number of hydrogen-bond donors (Lipinski definition) is 3. The van der Waals surface area contributed by atoms with Gasteiger partial charge < -0.3 is 34.3 Å². The molecule has 1 unspecified atom stereocenters. The lowest BCUT2D eigenvalue weighted by atomic mass is 9.99. The third-order valence-electron chi connectivity index (χ3n) is 3.59. The molecule has 2 aliphatic heterocycles. The number of halogens is 3. The maximum atomic E-state index is 11.5. The fourth-order valence-electron chi connectivity index (χ4n) is 2.42. The van der Waals surface area contributed by atoms with Gasteiger partial charge in [-0.25, -0.2) is 4.79 Å². The minimum atomic E-state index is -2.67. The van der Waals surface area contributed by atoms with E-state index in [4.69, 9.17) is 18.9 Å². The predicted octanol–water partition coefficient (Wildman–Crippen LogP) is 1.24. The normalized spacial score (nSPS) is 44.3. The third kappa shape index (κ3) is 3.63. The van der Waals surface area contributed by atoms with Gasteiger partial charge in [0.1, 0.15) is 12.2 Å². The van der Waals surface area contributed by atoms with Gasteiger partial charge in [-0.05, 0) is 20.8 Å². The van der Waals surface area contributed by atoms with Crippen LogP contribution in [-0.4, -0.2) is 65.7 Å². The molecular formula is C12H17Br3O8. The van der Waals surface area contributed by atoms with Crippen molar-refractivity contribution in [1.29, 1.82) is 0 Å². The summed E-state index contributed by atoms with van der Waals surface area (Å²) in [4.78, 5) is 11.5. The molecule has 2 heterocycles. The lowest BCUT2D eigenvalue weighted by Gasteiger charge is -2.47. The smallest absolute Gasteiger partial charge is 0.367 e. The molecule has 23 heavy (non-hydrogen) atoms. The summed E-state index contributed by atoms with van der Waals surface area (Å²) in [5, 5.41) is 29.9. The van der Waals surface area contributed by atoms with E-state index in [-0.39, 0.29) is 6.61 Å². The molecule has 5 atom stereocenters. The minimum Gasteiger partial charge on any atom is -0.477 e. The van der Waals surface area contributed by atoms with Crippen molar-refractivity contribution in [2.24, 2.45) is 0 Å². The summed E-state index contributed by atoms with van der Waals surface area (Å²) in [5.41, 5.74) is 0. The maximum Gasteiger partial charge on any atom is 0.367 e. The van der Waals surface area contributed by atoms with Crippen molar-refractivity contribution < 1.29 is 39.1 Å². The van der Waals surface area contributed by atoms with Crippen molar-refractivity contribution in [2.75, 3.05) is 6.61 Å². The third-order valence-corrected chi connectivity index (χ3v) is 5.75. The van der Waals surface area contributed by atoms with E-state index in [0.717, 1.165) is 0 Å². The molecule has 0 amide bonds. The van der Waals surface area contributed by atoms with Crippen LogP contribution in [0.3, 0.4) is 0 Å². The van der Waals surface area contributed by atoms with Crippen LogP contribution in [0.4, 0.5) is 0 Å². The average Bonchev–Trinajstić information content (AvgIpc) is 2.62. The number of carboxylic acid groups (broad SMARTS) is 1. The maximum absolute atomic E-state index is 11.5. The number of carboxylic acids is 1. The van der Waals surface area contributed by atoms with E-state index in [9.17, 15) is 20.1 Å². The fourth-order valence-corrected chi connectivity index (χ4v) is 3.05. The number of ether oxygens (including phenoxy) is 4. The number of rotatable bonds is 2. The first kappa shape index (κ1) is 20.0. The average molecular weight is 529 g/mol. The second-order valence-corrected chi connectivity index (χ2v) is 12.7. The zero-order chi connectivity index (χ0) is 17.8. The van der Waals surface area contributed by atoms with Crippen LogP contribution in [0.2, 0.25) is 0 Å². The Morgan fingerprint density at radius 3 is 2.26 bits per heavy atom. The lowest BCUT2D eigenvalue weighted by Crippen LogP contribution is -2.64. The molecule has 3 N–H and O–H groups in total. The van der Waals surface area contributed by atoms with Crippen LogP contribution < -0.4 is 0 Å². The second kappa shape index (κ2) is 6.13. The summed E-state index contributed by atoms with van der Waals surface area (Å²) in [6.07, 6.45) is -3.92. The van der Waals surface area contributed by atoms with Crippen molar-refractivity contribution in [2.45, 2.75) is 58.6 Å². The van der Waals surface area contributed by atoms with Gasteiger partial charge in [0, 0.05) is 0 Å². The quantitative estimate of drug-likeness (QED) is 0.459. The highest BCUT2D eigenvalue weighted by Gasteiger charge is 2.65. The Kier molecular flexibility index (Phi) is 5.33. The molecule has 0 spiro atoms. The van der Waals surface area contributed by atoms with Gasteiger partial charge >= 0.3 is 5.97 Å². The summed E-state index contributed by atoms with van der Waals surface area (Å²) in [5.74, 6) is -7.02. The number of aliphatic hydroxyl groups excluding tert-OH is 1. The van der Waals surface area contributed by atoms with Gasteiger partial charge in [0.15, 0.2) is 14.0 Å². The first-order chi connectivity index (χ1) is 10.2. The summed E-state index contributed by atoms with van der Waals surface area (Å²) in [6, 6.07) is 0. The molecule has 0 bridgehead atoms. The highest BCUT2D eigenvalue weighted by Crippen LogP contribution is 2.50. The van der Waals surface area contributed by atoms with Crippen molar-refractivity contribution in [3.05, 3.63) is 0 Å². The topological polar surface area (TPSA) is 115 Å². The highest BCUT2D eigenvalue weighted by molar-refractivity contribution is 9.39. The Hall–Kier alpha value is 0.670. The molecular weight excluding hydrogens is 512 g/mol. The van der Waals surface area contributed by atoms with Crippen LogP contribution in [0.15, 0.2) is 0 Å². The van der Waals surface area contributed by atoms with E-state index in [2.05, 4.69) is 47.8 Å². The summed E-state index contributed by atoms with van der Waals surface area (Å²) in [7, 11) is 0. The van der Waals surface area contributed by atoms with Gasteiger partial charge in [0.05, 0.1) is 6.61 Å². The van der Waals surface area contributed by atoms with Crippen LogP contribution in [0.25, 0.3) is 0 Å². The van der Waals surface area contributed by atoms with E-state index >= 15 is 0 Å². The molecule has 0 aliphatic carbocycles. The lowest BCUT2D eigenvalue weighted by molar-refractivity contribution is -0.332. The summed E-state index contributed by atoms with van der Waals surface area (Å²) in [6.45, 7) is 4.30. The minimum absolute atomic E-state index is 0.165. The van der Waals surface area contributed by atoms with E-state index < -0.39 is 43.8 Å². The number of carbonyl (C=O) groups is 1. The zero-order valence-electron chi connectivity index (χ0n) is 12.5. The second-order valence-electron chi connectivity index (χ2n) is 5.95. The van der Waals surface area contributed by atoms with E-state index in [1.165, 1.54) is 13.8 Å². The van der Waals surface area contributed by atoms with E-state index in [1.807, 2.05) is 0 Å². The standard InChI is InChI=1S/C12H17Br3O8/c1-9(2)22-7(11(19,23-9)8(17)18)6-5(16)4-20-10(3,21-6)12(13,14)15/h5-7,16,19H,4H2,1-3H3,(H,17,18)/t5-,6+,7-,10?,11-/m0/s1. The fraction of sp³-hybridized carbons (Fsp3) is 0.917. The van der Waals surface area contributed by atoms with Crippen molar-refractivity contribution >= 4 is 53.8 Å². The molecule has 0 radical (unpaired) electrons. The van der Waals surface area contributed by atoms with Crippen LogP contribution >= 0.6 is 47.8 Å². The zero-order valence-corrected chi connectivity index (χ0v) is 17.2. The van der Waals surface area contributed by atoms with Crippen LogP contribution in [0.5, 0.6) is 0 Å². The summed E-state index contributed by atoms with van der Waals surface area (Å²) < 4.78 is 20.8. The van der Waals surface area contributed by atoms with Crippen molar-refractivity contribution in [3.63, 3.8) is 0 Å². The summed E-state index contributed by atoms with van der Waals surface area (Å²) >= 11 is 9.85. The Morgan fingerprint density at radius 2 is 1.78 bits per heavy atom. The SMILES string of the molecule is CC1(C)O[C@@H]([C@@H]2OC(C)(C(Br)(Br)Br)OC[C@@H]2O)[C@@](O)(C(=O)O)O1. The largest absolute Gasteiger partial charge is 0.477 e. The Morgan fingerprint density at radius 1 is 1.22 bits per heavy atom. The molecule has 11 heteroatoms. The van der Waals surface area contributed by atoms with Gasteiger partial charge in [0.2, 0.25) is 5.79 Å².